The summed E-state index contributed by atoms with van der Waals surface area (Å²) in [6, 6.07) is 15.0. The number of hydrogen-bond donors (Lipinski definition) is 8. The number of hydrogen-bond acceptors (Lipinski definition) is 14. The summed E-state index contributed by atoms with van der Waals surface area (Å²) in [4.78, 5) is 61.4. The smallest absolute Gasteiger partial charge is 0.423 e. The lowest BCUT2D eigenvalue weighted by Gasteiger charge is -2.24. The molecule has 1 aliphatic rings. The third-order valence-corrected chi connectivity index (χ3v) is 13.8. The predicted octanol–water partition coefficient (Wildman–Crippen LogP) is 2.76. The number of rotatable bonds is 22. The summed E-state index contributed by atoms with van der Waals surface area (Å²) in [6.07, 6.45) is -0.381. The number of ether oxygens (including phenoxy) is 2. The number of nitrogens with one attached hydrogen (secondary N) is 2. The molecule has 3 unspecified atom stereocenters. The molecule has 1 fully saturated rings. The van der Waals surface area contributed by atoms with E-state index in [4.69, 9.17) is 33.8 Å². The Morgan fingerprint density at radius 3 is 2.25 bits per heavy atom. The molecule has 0 bridgehead atoms. The first-order chi connectivity index (χ1) is 24.2. The lowest BCUT2D eigenvalue weighted by Crippen LogP contribution is -2.36. The van der Waals surface area contributed by atoms with Gasteiger partial charge in [0.15, 0.2) is 0 Å². The molecule has 2 aromatic carbocycles. The molecule has 0 saturated carbocycles. The molecule has 3 rings (SSSR count). The molecule has 24 heteroatoms. The molecule has 0 aliphatic carbocycles. The maximum atomic E-state index is 12.4. The van der Waals surface area contributed by atoms with E-state index in [0.29, 0.717) is 37.9 Å². The zero-order chi connectivity index (χ0) is 38.6. The maximum absolute atomic E-state index is 12.4. The van der Waals surface area contributed by atoms with E-state index >= 15 is 0 Å². The maximum Gasteiger partial charge on any atom is 0.490 e. The molecule has 8 N–H and O–H groups in total. The minimum absolute atomic E-state index is 0.141. The van der Waals surface area contributed by atoms with Crippen LogP contribution in [0.1, 0.15) is 61.6 Å². The number of phosphoric ester groups is 1. The van der Waals surface area contributed by atoms with Crippen molar-refractivity contribution in [3.8, 4) is 0 Å². The molecule has 290 valence electrons. The average Bonchev–Trinajstić information content (AvgIpc) is 3.46. The summed E-state index contributed by atoms with van der Waals surface area (Å²) >= 11 is 0. The van der Waals surface area contributed by atoms with Crippen LogP contribution in [0.15, 0.2) is 54.6 Å². The number of carbonyl (C=O) groups excluding carboxylic acids is 2. The zero-order valence-corrected chi connectivity index (χ0v) is 32.4. The van der Waals surface area contributed by atoms with Crippen LogP contribution in [0.2, 0.25) is 0 Å². The van der Waals surface area contributed by atoms with Gasteiger partial charge in [-0.3, -0.25) is 14.1 Å². The van der Waals surface area contributed by atoms with Crippen molar-refractivity contribution in [3.63, 3.8) is 0 Å². The van der Waals surface area contributed by atoms with Gasteiger partial charge in [0.2, 0.25) is 5.91 Å². The Balaban J connectivity index is 1.39. The van der Waals surface area contributed by atoms with Crippen LogP contribution >= 0.6 is 45.1 Å². The monoisotopic (exact) mass is 830 g/mol. The predicted molar refractivity (Wildman–Crippen MR) is 193 cm³/mol. The largest absolute Gasteiger partial charge is 0.490 e. The molecular formula is C28H42BN2O16P3S2. The highest BCUT2D eigenvalue weighted by Gasteiger charge is 2.43. The van der Waals surface area contributed by atoms with Crippen LogP contribution in [0.3, 0.4) is 0 Å². The Morgan fingerprint density at radius 2 is 1.62 bits per heavy atom. The van der Waals surface area contributed by atoms with E-state index in [1.807, 2.05) is 32.0 Å². The van der Waals surface area contributed by atoms with Gasteiger partial charge in [0, 0.05) is 36.2 Å². The zero-order valence-electron chi connectivity index (χ0n) is 28.1. The van der Waals surface area contributed by atoms with Crippen molar-refractivity contribution in [2.45, 2.75) is 62.6 Å². The van der Waals surface area contributed by atoms with Crippen LogP contribution in [0, 0.1) is 0 Å². The van der Waals surface area contributed by atoms with Crippen molar-refractivity contribution in [3.05, 3.63) is 65.7 Å². The van der Waals surface area contributed by atoms with E-state index in [-0.39, 0.29) is 29.6 Å². The van der Waals surface area contributed by atoms with Gasteiger partial charge in [-0.25, -0.2) is 13.7 Å². The van der Waals surface area contributed by atoms with Crippen molar-refractivity contribution >= 4 is 69.5 Å². The van der Waals surface area contributed by atoms with Gasteiger partial charge in [-0.2, -0.15) is 8.62 Å². The Hall–Kier alpha value is -1.61. The van der Waals surface area contributed by atoms with Crippen LogP contribution in [0.4, 0.5) is 0 Å². The third kappa shape index (κ3) is 16.8. The van der Waals surface area contributed by atoms with E-state index in [9.17, 15) is 33.1 Å². The average molecular weight is 831 g/mol. The quantitative estimate of drug-likeness (QED) is 0.0278. The molecule has 1 aliphatic heterocycles. The number of amides is 2. The number of phosphoric acid groups is 3. The Kier molecular flexibility index (Phi) is 17.5. The van der Waals surface area contributed by atoms with E-state index in [1.165, 1.54) is 45.9 Å². The molecule has 0 aromatic heterocycles. The van der Waals surface area contributed by atoms with Gasteiger partial charge in [0.1, 0.15) is 12.0 Å². The minimum atomic E-state index is -5.68. The van der Waals surface area contributed by atoms with Crippen LogP contribution in [-0.4, -0.2) is 91.1 Å². The van der Waals surface area contributed by atoms with Gasteiger partial charge in [0.25, 0.3) is 5.91 Å². The fraction of sp³-hybridized carbons (Fsp3) is 0.500. The minimum Gasteiger partial charge on any atom is -0.423 e. The molecule has 1 saturated heterocycles. The number of benzene rings is 2. The molecular weight excluding hydrogens is 788 g/mol. The SMILES string of the molecule is CC(C)(CNC(=O)CCCCNC(=O)c1ccc(B(O)O)cc1)SSCOC1C[C@H](c2ccccc2)O[C@@H]1COP(=O)(O)OP(=O)(O)OP(=O)(O)O. The highest BCUT2D eigenvalue weighted by atomic mass is 33.1. The van der Waals surface area contributed by atoms with Crippen LogP contribution < -0.4 is 16.1 Å². The van der Waals surface area contributed by atoms with Gasteiger partial charge in [-0.1, -0.05) is 64.1 Å². The van der Waals surface area contributed by atoms with Gasteiger partial charge >= 0.3 is 30.6 Å². The van der Waals surface area contributed by atoms with E-state index in [2.05, 4.69) is 19.3 Å². The molecule has 0 spiro atoms. The summed E-state index contributed by atoms with van der Waals surface area (Å²) < 4.78 is 58.8. The normalized spacial score (nSPS) is 20.1. The van der Waals surface area contributed by atoms with Crippen molar-refractivity contribution in [1.29, 1.82) is 0 Å². The molecule has 18 nitrogen and oxygen atoms in total. The van der Waals surface area contributed by atoms with Crippen molar-refractivity contribution < 1.29 is 75.5 Å². The van der Waals surface area contributed by atoms with E-state index < -0.39 is 60.3 Å². The molecule has 1 heterocycles. The molecule has 5 atom stereocenters. The lowest BCUT2D eigenvalue weighted by molar-refractivity contribution is -0.121. The van der Waals surface area contributed by atoms with Crippen molar-refractivity contribution in [1.82, 2.24) is 10.6 Å². The van der Waals surface area contributed by atoms with Gasteiger partial charge in [0.05, 0.1) is 18.8 Å². The van der Waals surface area contributed by atoms with Crippen molar-refractivity contribution in [2.24, 2.45) is 0 Å². The highest BCUT2D eigenvalue weighted by molar-refractivity contribution is 8.77. The summed E-state index contributed by atoms with van der Waals surface area (Å²) in [6.45, 7) is 3.94. The van der Waals surface area contributed by atoms with Gasteiger partial charge in [-0.05, 0) is 49.8 Å². The summed E-state index contributed by atoms with van der Waals surface area (Å²) in [5.74, 6) is -0.310. The third-order valence-electron chi connectivity index (χ3n) is 7.10. The summed E-state index contributed by atoms with van der Waals surface area (Å²) in [5.41, 5.74) is 1.45. The Labute approximate surface area is 308 Å². The number of unbranched alkanes of at least 4 members (excludes halogenated alkanes) is 1. The molecule has 52 heavy (non-hydrogen) atoms. The first kappa shape index (κ1) is 44.8. The van der Waals surface area contributed by atoms with Gasteiger partial charge in [-0.15, -0.1) is 0 Å². The fourth-order valence-electron chi connectivity index (χ4n) is 4.64. The first-order valence-electron chi connectivity index (χ1n) is 15.7. The molecule has 2 aromatic rings. The molecule has 2 amide bonds. The van der Waals surface area contributed by atoms with Crippen molar-refractivity contribution in [2.75, 3.05) is 25.6 Å². The Bertz CT molecular complexity index is 1610. The summed E-state index contributed by atoms with van der Waals surface area (Å²) in [5, 5.41) is 24.0. The topological polar surface area (TPSA) is 277 Å². The van der Waals surface area contributed by atoms with E-state index in [0.717, 1.165) is 5.56 Å². The Morgan fingerprint density at radius 1 is 0.942 bits per heavy atom. The lowest BCUT2D eigenvalue weighted by atomic mass is 9.80. The molecule has 0 radical (unpaired) electrons. The fourth-order valence-corrected chi connectivity index (χ4v) is 9.84. The first-order valence-corrected chi connectivity index (χ1v) is 22.5. The van der Waals surface area contributed by atoms with E-state index in [1.54, 1.807) is 12.1 Å². The second-order valence-corrected chi connectivity index (χ2v) is 19.3. The van der Waals surface area contributed by atoms with Crippen LogP contribution in [-0.2, 0) is 41.1 Å². The van der Waals surface area contributed by atoms with Crippen LogP contribution in [0.5, 0.6) is 0 Å². The number of carbonyl (C=O) groups is 2. The van der Waals surface area contributed by atoms with Gasteiger partial charge < -0.3 is 49.7 Å². The standard InChI is InChI=1S/C28H42BN2O16P3S2/c1-28(2,18-31-26(32)10-6-7-15-30-27(33)21-11-13-22(14-12-21)29(34)35)52-51-19-43-24-16-23(20-8-4-3-5-9-20)45-25(24)17-44-49(39,40)47-50(41,42)46-48(36,37)38/h3-5,8-9,11-14,23-25,34-35H,6-7,10,15-19H2,1-2H3,(H,30,33)(H,31,32)(H,39,40)(H,41,42)(H2,36,37,38)/t23-,24?,25-/m1/s1. The second-order valence-electron chi connectivity index (χ2n) is 12.0. The van der Waals surface area contributed by atoms with Crippen LogP contribution in [0.25, 0.3) is 0 Å². The second kappa shape index (κ2) is 20.4. The summed E-state index contributed by atoms with van der Waals surface area (Å²) in [7, 11) is -15.4. The highest BCUT2D eigenvalue weighted by Crippen LogP contribution is 2.66.